The molecule has 2 heterocycles. The van der Waals surface area contributed by atoms with Gasteiger partial charge in [0.2, 0.25) is 15.8 Å². The number of hydrogen-bond donors (Lipinski definition) is 1. The third kappa shape index (κ3) is 4.95. The van der Waals surface area contributed by atoms with Crippen LogP contribution in [0.3, 0.4) is 0 Å². The highest BCUT2D eigenvalue weighted by Gasteiger charge is 2.27. The van der Waals surface area contributed by atoms with Crippen molar-refractivity contribution in [1.29, 1.82) is 0 Å². The van der Waals surface area contributed by atoms with E-state index in [1.54, 1.807) is 6.92 Å². The molecule has 34 heavy (non-hydrogen) atoms. The van der Waals surface area contributed by atoms with Gasteiger partial charge in [0.15, 0.2) is 6.61 Å². The summed E-state index contributed by atoms with van der Waals surface area (Å²) in [4.78, 5) is 49.7. The van der Waals surface area contributed by atoms with Gasteiger partial charge in [0.05, 0.1) is 23.7 Å². The summed E-state index contributed by atoms with van der Waals surface area (Å²) < 4.78 is 38.7. The Kier molecular flexibility index (Phi) is 7.69. The molecule has 12 nitrogen and oxygen atoms in total. The summed E-state index contributed by atoms with van der Waals surface area (Å²) in [6, 6.07) is 5.10. The molecule has 0 amide bonds. The van der Waals surface area contributed by atoms with Crippen LogP contribution in [0.25, 0.3) is 0 Å². The van der Waals surface area contributed by atoms with Crippen LogP contribution < -0.4 is 17.0 Å². The molecular weight excluding hydrogens is 468 g/mol. The summed E-state index contributed by atoms with van der Waals surface area (Å²) in [6.07, 6.45) is 0.544. The zero-order chi connectivity index (χ0) is 25.0. The monoisotopic (exact) mass is 494 g/mol. The third-order valence-corrected chi connectivity index (χ3v) is 7.25. The summed E-state index contributed by atoms with van der Waals surface area (Å²) in [5.74, 6) is -2.03. The molecule has 1 aliphatic heterocycles. The number of anilines is 1. The lowest BCUT2D eigenvalue weighted by Crippen LogP contribution is -2.43. The van der Waals surface area contributed by atoms with Gasteiger partial charge in [0.25, 0.3) is 5.56 Å². The van der Waals surface area contributed by atoms with Crippen LogP contribution in [-0.4, -0.2) is 66.5 Å². The second-order valence-corrected chi connectivity index (χ2v) is 9.54. The Morgan fingerprint density at radius 1 is 1.12 bits per heavy atom. The summed E-state index contributed by atoms with van der Waals surface area (Å²) in [7, 11) is -2.50. The van der Waals surface area contributed by atoms with Gasteiger partial charge in [-0.25, -0.2) is 18.0 Å². The van der Waals surface area contributed by atoms with E-state index in [1.165, 1.54) is 35.6 Å². The van der Waals surface area contributed by atoms with Crippen molar-refractivity contribution in [3.05, 3.63) is 56.2 Å². The molecule has 1 aliphatic rings. The van der Waals surface area contributed by atoms with E-state index in [0.717, 1.165) is 9.13 Å². The lowest BCUT2D eigenvalue weighted by Gasteiger charge is -2.26. The van der Waals surface area contributed by atoms with Gasteiger partial charge in [-0.1, -0.05) is 6.92 Å². The second-order valence-electron chi connectivity index (χ2n) is 7.60. The SMILES string of the molecule is CCCn1c(N)c(C(=O)COC(=O)c2ccc(S(=O)(=O)N3CCOCC3)cc2)c(=O)n(C)c1=O. The van der Waals surface area contributed by atoms with E-state index in [-0.39, 0.29) is 35.9 Å². The van der Waals surface area contributed by atoms with Crippen molar-refractivity contribution in [2.75, 3.05) is 38.6 Å². The lowest BCUT2D eigenvalue weighted by molar-refractivity contribution is 0.0474. The molecule has 0 unspecified atom stereocenters. The summed E-state index contributed by atoms with van der Waals surface area (Å²) in [6.45, 7) is 2.32. The van der Waals surface area contributed by atoms with E-state index >= 15 is 0 Å². The first kappa shape index (κ1) is 25.3. The topological polar surface area (TPSA) is 160 Å². The molecule has 0 atom stereocenters. The number of carbonyl (C=O) groups excluding carboxylic acids is 2. The van der Waals surface area contributed by atoms with Crippen molar-refractivity contribution in [3.63, 3.8) is 0 Å². The number of ketones is 1. The third-order valence-electron chi connectivity index (χ3n) is 5.34. The summed E-state index contributed by atoms with van der Waals surface area (Å²) >= 11 is 0. The predicted molar refractivity (Wildman–Crippen MR) is 121 cm³/mol. The van der Waals surface area contributed by atoms with Crippen molar-refractivity contribution < 1.29 is 27.5 Å². The molecule has 2 aromatic rings. The first-order valence-corrected chi connectivity index (χ1v) is 12.0. The van der Waals surface area contributed by atoms with Crippen molar-refractivity contribution >= 4 is 27.6 Å². The van der Waals surface area contributed by atoms with Gasteiger partial charge >= 0.3 is 11.7 Å². The Morgan fingerprint density at radius 2 is 1.74 bits per heavy atom. The van der Waals surface area contributed by atoms with Crippen molar-refractivity contribution in [2.24, 2.45) is 7.05 Å². The van der Waals surface area contributed by atoms with Crippen molar-refractivity contribution in [2.45, 2.75) is 24.8 Å². The van der Waals surface area contributed by atoms with Crippen LogP contribution >= 0.6 is 0 Å². The van der Waals surface area contributed by atoms with Crippen LogP contribution in [0.2, 0.25) is 0 Å². The van der Waals surface area contributed by atoms with Gasteiger partial charge in [-0.15, -0.1) is 0 Å². The molecule has 0 aliphatic carbocycles. The fourth-order valence-corrected chi connectivity index (χ4v) is 4.88. The summed E-state index contributed by atoms with van der Waals surface area (Å²) in [5, 5.41) is 0. The number of Topliss-reactive ketones (excluding diaryl/α,β-unsaturated/α-hetero) is 1. The van der Waals surface area contributed by atoms with E-state index in [4.69, 9.17) is 15.2 Å². The highest BCUT2D eigenvalue weighted by molar-refractivity contribution is 7.89. The van der Waals surface area contributed by atoms with Crippen LogP contribution in [0, 0.1) is 0 Å². The molecule has 0 bridgehead atoms. The predicted octanol–water partition coefficient (Wildman–Crippen LogP) is -0.400. The van der Waals surface area contributed by atoms with E-state index in [0.29, 0.717) is 19.6 Å². The number of benzene rings is 1. The average Bonchev–Trinajstić information content (AvgIpc) is 2.84. The minimum absolute atomic E-state index is 0.0106. The number of ether oxygens (including phenoxy) is 2. The van der Waals surface area contributed by atoms with Crippen LogP contribution in [0.4, 0.5) is 5.82 Å². The lowest BCUT2D eigenvalue weighted by atomic mass is 10.2. The first-order valence-electron chi connectivity index (χ1n) is 10.6. The van der Waals surface area contributed by atoms with Crippen LogP contribution in [0.1, 0.15) is 34.1 Å². The van der Waals surface area contributed by atoms with Gasteiger partial charge in [-0.2, -0.15) is 4.31 Å². The quantitative estimate of drug-likeness (QED) is 0.380. The standard InChI is InChI=1S/C21H26N4O8S/c1-3-8-25-18(22)17(19(27)23(2)21(25)29)16(26)13-33-20(28)14-4-6-15(7-5-14)34(30,31)24-9-11-32-12-10-24/h4-7H,3,8-13,22H2,1-2H3. The minimum atomic E-state index is -3.72. The maximum Gasteiger partial charge on any atom is 0.338 e. The number of carbonyl (C=O) groups is 2. The Morgan fingerprint density at radius 3 is 2.32 bits per heavy atom. The molecule has 13 heteroatoms. The number of nitrogens with two attached hydrogens (primary N) is 1. The van der Waals surface area contributed by atoms with E-state index < -0.39 is 45.2 Å². The van der Waals surface area contributed by atoms with E-state index in [2.05, 4.69) is 0 Å². The van der Waals surface area contributed by atoms with Gasteiger partial charge in [0, 0.05) is 26.7 Å². The maximum absolute atomic E-state index is 12.7. The van der Waals surface area contributed by atoms with Crippen molar-refractivity contribution in [3.8, 4) is 0 Å². The average molecular weight is 495 g/mol. The Bertz CT molecular complexity index is 1310. The zero-order valence-corrected chi connectivity index (χ0v) is 19.7. The highest BCUT2D eigenvalue weighted by Crippen LogP contribution is 2.18. The zero-order valence-electron chi connectivity index (χ0n) is 18.9. The maximum atomic E-state index is 12.7. The molecule has 184 valence electrons. The largest absolute Gasteiger partial charge is 0.454 e. The molecule has 3 rings (SSSR count). The molecule has 1 fully saturated rings. The Balaban J connectivity index is 1.73. The number of esters is 1. The molecule has 1 aromatic heterocycles. The van der Waals surface area contributed by atoms with Gasteiger partial charge in [-0.05, 0) is 30.7 Å². The number of sulfonamides is 1. The smallest absolute Gasteiger partial charge is 0.338 e. The fourth-order valence-electron chi connectivity index (χ4n) is 3.47. The highest BCUT2D eigenvalue weighted by atomic mass is 32.2. The van der Waals surface area contributed by atoms with Crippen LogP contribution in [0.5, 0.6) is 0 Å². The van der Waals surface area contributed by atoms with Crippen LogP contribution in [0.15, 0.2) is 38.8 Å². The Hall–Kier alpha value is -3.29. The van der Waals surface area contributed by atoms with Crippen molar-refractivity contribution in [1.82, 2.24) is 13.4 Å². The molecule has 0 saturated carbocycles. The molecule has 2 N–H and O–H groups in total. The molecule has 1 aromatic carbocycles. The second kappa shape index (κ2) is 10.3. The number of hydrogen-bond acceptors (Lipinski definition) is 9. The number of nitrogens with zero attached hydrogens (tertiary/aromatic N) is 3. The van der Waals surface area contributed by atoms with Gasteiger partial charge < -0.3 is 15.2 Å². The van der Waals surface area contributed by atoms with Gasteiger partial charge in [0.1, 0.15) is 11.4 Å². The molecule has 0 spiro atoms. The van der Waals surface area contributed by atoms with Crippen LogP contribution in [-0.2, 0) is 33.1 Å². The number of rotatable bonds is 8. The normalized spacial score (nSPS) is 14.6. The number of nitrogen functional groups attached to an aromatic ring is 1. The molecular formula is C21H26N4O8S. The molecule has 1 saturated heterocycles. The molecule has 0 radical (unpaired) electrons. The summed E-state index contributed by atoms with van der Waals surface area (Å²) in [5.41, 5.74) is 3.95. The number of aromatic nitrogens is 2. The van der Waals surface area contributed by atoms with Gasteiger partial charge in [-0.3, -0.25) is 18.7 Å². The minimum Gasteiger partial charge on any atom is -0.454 e. The first-order chi connectivity index (χ1) is 16.1. The van der Waals surface area contributed by atoms with E-state index in [1.807, 2.05) is 0 Å². The Labute approximate surface area is 195 Å². The van der Waals surface area contributed by atoms with E-state index in [9.17, 15) is 27.6 Å². The fraction of sp³-hybridized carbons (Fsp3) is 0.429. The number of morpholine rings is 1.